The van der Waals surface area contributed by atoms with Crippen LogP contribution in [0.2, 0.25) is 0 Å². The van der Waals surface area contributed by atoms with Gasteiger partial charge in [0.05, 0.1) is 12.6 Å². The van der Waals surface area contributed by atoms with Crippen LogP contribution in [0.3, 0.4) is 0 Å². The minimum Gasteiger partial charge on any atom is -0.303 e. The molecule has 1 saturated carbocycles. The molecule has 0 radical (unpaired) electrons. The lowest BCUT2D eigenvalue weighted by atomic mass is 9.84. The second-order valence-corrected chi connectivity index (χ2v) is 9.44. The molecule has 3 heteroatoms. The number of fused-ring (bicyclic) bond motifs is 1. The predicted octanol–water partition coefficient (Wildman–Crippen LogP) is 6.58. The van der Waals surface area contributed by atoms with Crippen LogP contribution in [-0.2, 0) is 16.0 Å². The largest absolute Gasteiger partial charge is 0.303 e. The molecule has 0 spiro atoms. The van der Waals surface area contributed by atoms with E-state index < -0.39 is 0 Å². The molecule has 0 N–H and O–H groups in total. The van der Waals surface area contributed by atoms with Crippen molar-refractivity contribution in [1.29, 1.82) is 0 Å². The molecule has 0 saturated heterocycles. The maximum absolute atomic E-state index is 13.5. The van der Waals surface area contributed by atoms with E-state index in [1.165, 1.54) is 11.1 Å². The minimum absolute atomic E-state index is 0.0405. The number of rotatable bonds is 8. The van der Waals surface area contributed by atoms with Gasteiger partial charge in [0.2, 0.25) is 0 Å². The summed E-state index contributed by atoms with van der Waals surface area (Å²) in [6.45, 7) is 9.20. The lowest BCUT2D eigenvalue weighted by Crippen LogP contribution is -2.41. The Hall–Kier alpha value is -2.52. The standard InChI is InChI=1S/C30H39NO2/c1-3-5-6-15-25(4-2)30-28-19-12-11-16-26(28)20-21-31(30)22-29(33)27-17-9-7-13-24(23-32)14-8-10-18-27/h3-6,11-12,15-16,19,23-24,27,30H,1-2,7-10,13-14,17-18,20-22H2/b6-5-,25-15+. The van der Waals surface area contributed by atoms with E-state index in [-0.39, 0.29) is 17.9 Å². The molecule has 176 valence electrons. The van der Waals surface area contributed by atoms with Crippen LogP contribution in [0.4, 0.5) is 0 Å². The van der Waals surface area contributed by atoms with Gasteiger partial charge in [-0.1, -0.05) is 93.5 Å². The summed E-state index contributed by atoms with van der Waals surface area (Å²) in [7, 11) is 0. The average molecular weight is 446 g/mol. The fourth-order valence-corrected chi connectivity index (χ4v) is 5.37. The second-order valence-electron chi connectivity index (χ2n) is 9.44. The molecule has 1 atom stereocenters. The van der Waals surface area contributed by atoms with Gasteiger partial charge in [-0.2, -0.15) is 0 Å². The quantitative estimate of drug-likeness (QED) is 0.335. The van der Waals surface area contributed by atoms with Crippen molar-refractivity contribution in [2.24, 2.45) is 11.8 Å². The smallest absolute Gasteiger partial charge is 0.149 e. The molecule has 1 aliphatic carbocycles. The molecule has 1 aromatic carbocycles. The van der Waals surface area contributed by atoms with E-state index in [1.807, 2.05) is 18.2 Å². The summed E-state index contributed by atoms with van der Waals surface area (Å²) in [5.74, 6) is 0.718. The van der Waals surface area contributed by atoms with Crippen molar-refractivity contribution >= 4 is 12.1 Å². The number of carbonyl (C=O) groups is 2. The minimum atomic E-state index is 0.0405. The van der Waals surface area contributed by atoms with Gasteiger partial charge in [-0.15, -0.1) is 0 Å². The number of ketones is 1. The van der Waals surface area contributed by atoms with E-state index in [0.29, 0.717) is 12.3 Å². The third-order valence-corrected chi connectivity index (χ3v) is 7.23. The van der Waals surface area contributed by atoms with Gasteiger partial charge in [0, 0.05) is 18.4 Å². The van der Waals surface area contributed by atoms with Crippen LogP contribution < -0.4 is 0 Å². The van der Waals surface area contributed by atoms with Gasteiger partial charge in [0.15, 0.2) is 0 Å². The van der Waals surface area contributed by atoms with Gasteiger partial charge >= 0.3 is 0 Å². The average Bonchev–Trinajstić information content (AvgIpc) is 2.85. The number of Topliss-reactive ketones (excluding diaryl/α,β-unsaturated/α-hetero) is 1. The van der Waals surface area contributed by atoms with Gasteiger partial charge in [-0.25, -0.2) is 0 Å². The molecule has 0 amide bonds. The van der Waals surface area contributed by atoms with Crippen LogP contribution in [0.5, 0.6) is 0 Å². The van der Waals surface area contributed by atoms with Gasteiger partial charge in [0.25, 0.3) is 0 Å². The van der Waals surface area contributed by atoms with E-state index in [1.54, 1.807) is 6.08 Å². The number of hydrogen-bond acceptors (Lipinski definition) is 3. The molecular formula is C30H39NO2. The molecule has 1 heterocycles. The Labute approximate surface area is 200 Å². The molecule has 0 bridgehead atoms. The molecule has 3 nitrogen and oxygen atoms in total. The van der Waals surface area contributed by atoms with Crippen molar-refractivity contribution in [2.75, 3.05) is 13.1 Å². The van der Waals surface area contributed by atoms with Crippen molar-refractivity contribution in [2.45, 2.75) is 63.8 Å². The maximum Gasteiger partial charge on any atom is 0.149 e. The summed E-state index contributed by atoms with van der Waals surface area (Å²) in [6, 6.07) is 8.62. The number of aldehydes is 1. The summed E-state index contributed by atoms with van der Waals surface area (Å²) in [4.78, 5) is 27.1. The molecular weight excluding hydrogens is 406 g/mol. The first-order chi connectivity index (χ1) is 16.2. The van der Waals surface area contributed by atoms with Gasteiger partial charge < -0.3 is 4.79 Å². The lowest BCUT2D eigenvalue weighted by molar-refractivity contribution is -0.125. The summed E-state index contributed by atoms with van der Waals surface area (Å²) in [6.07, 6.45) is 19.8. The lowest BCUT2D eigenvalue weighted by Gasteiger charge is -2.38. The van der Waals surface area contributed by atoms with Crippen LogP contribution in [0.1, 0.15) is 68.5 Å². The first-order valence-electron chi connectivity index (χ1n) is 12.6. The Morgan fingerprint density at radius 1 is 1.00 bits per heavy atom. The summed E-state index contributed by atoms with van der Waals surface area (Å²) >= 11 is 0. The number of carbonyl (C=O) groups excluding carboxylic acids is 2. The summed E-state index contributed by atoms with van der Waals surface area (Å²) in [5, 5.41) is 0. The topological polar surface area (TPSA) is 37.4 Å². The van der Waals surface area contributed by atoms with Crippen molar-refractivity contribution < 1.29 is 9.59 Å². The Morgan fingerprint density at radius 2 is 1.70 bits per heavy atom. The van der Waals surface area contributed by atoms with Crippen LogP contribution >= 0.6 is 0 Å². The van der Waals surface area contributed by atoms with E-state index in [4.69, 9.17) is 0 Å². The Kier molecular flexibility index (Phi) is 10.1. The van der Waals surface area contributed by atoms with Gasteiger partial charge in [-0.3, -0.25) is 9.69 Å². The fourth-order valence-electron chi connectivity index (χ4n) is 5.37. The van der Waals surface area contributed by atoms with Crippen LogP contribution in [0, 0.1) is 11.8 Å². The van der Waals surface area contributed by atoms with Gasteiger partial charge in [-0.05, 0) is 48.8 Å². The monoisotopic (exact) mass is 445 g/mol. The SMILES string of the molecule is C=C/C=C\C=C(/C=C)C1c2ccccc2CCN1CC(=O)C1CCCCC(C=O)CCCC1. The Balaban J connectivity index is 1.77. The first kappa shape index (κ1) is 25.1. The van der Waals surface area contributed by atoms with Crippen molar-refractivity contribution in [1.82, 2.24) is 4.90 Å². The zero-order valence-electron chi connectivity index (χ0n) is 20.0. The summed E-state index contributed by atoms with van der Waals surface area (Å²) < 4.78 is 0. The Morgan fingerprint density at radius 3 is 2.36 bits per heavy atom. The maximum atomic E-state index is 13.5. The second kappa shape index (κ2) is 13.3. The molecule has 1 aromatic rings. The predicted molar refractivity (Wildman–Crippen MR) is 137 cm³/mol. The zero-order chi connectivity index (χ0) is 23.5. The Bertz CT molecular complexity index is 869. The highest BCUT2D eigenvalue weighted by Gasteiger charge is 2.31. The zero-order valence-corrected chi connectivity index (χ0v) is 20.0. The third-order valence-electron chi connectivity index (χ3n) is 7.23. The van der Waals surface area contributed by atoms with Crippen LogP contribution in [-0.4, -0.2) is 30.1 Å². The first-order valence-corrected chi connectivity index (χ1v) is 12.6. The van der Waals surface area contributed by atoms with Crippen molar-refractivity contribution in [3.8, 4) is 0 Å². The number of nitrogens with zero attached hydrogens (tertiary/aromatic N) is 1. The van der Waals surface area contributed by atoms with Crippen LogP contribution in [0.15, 0.2) is 73.4 Å². The van der Waals surface area contributed by atoms with Crippen molar-refractivity contribution in [3.05, 3.63) is 84.5 Å². The van der Waals surface area contributed by atoms with Crippen molar-refractivity contribution in [3.63, 3.8) is 0 Å². The highest BCUT2D eigenvalue weighted by Crippen LogP contribution is 2.36. The summed E-state index contributed by atoms with van der Waals surface area (Å²) in [5.41, 5.74) is 3.74. The molecule has 3 rings (SSSR count). The van der Waals surface area contributed by atoms with Gasteiger partial charge in [0.1, 0.15) is 12.1 Å². The highest BCUT2D eigenvalue weighted by atomic mass is 16.1. The van der Waals surface area contributed by atoms with E-state index in [0.717, 1.165) is 76.2 Å². The number of allylic oxidation sites excluding steroid dienone is 4. The molecule has 1 unspecified atom stereocenters. The fraction of sp³-hybridized carbons (Fsp3) is 0.467. The van der Waals surface area contributed by atoms with E-state index >= 15 is 0 Å². The molecule has 33 heavy (non-hydrogen) atoms. The molecule has 1 fully saturated rings. The highest BCUT2D eigenvalue weighted by molar-refractivity contribution is 5.83. The number of benzene rings is 1. The van der Waals surface area contributed by atoms with E-state index in [9.17, 15) is 9.59 Å². The normalized spacial score (nSPS) is 25.2. The molecule has 2 aliphatic rings. The third kappa shape index (κ3) is 6.98. The molecule has 1 aliphatic heterocycles. The van der Waals surface area contributed by atoms with E-state index in [2.05, 4.69) is 48.4 Å². The molecule has 0 aromatic heterocycles. The van der Waals surface area contributed by atoms with Crippen LogP contribution in [0.25, 0.3) is 0 Å². The number of hydrogen-bond donors (Lipinski definition) is 0.